The van der Waals surface area contributed by atoms with Crippen molar-refractivity contribution in [3.05, 3.63) is 54.1 Å². The zero-order valence-electron chi connectivity index (χ0n) is 10.2. The van der Waals surface area contributed by atoms with Gasteiger partial charge in [0.15, 0.2) is 5.69 Å². The Hall–Kier alpha value is -2.69. The van der Waals surface area contributed by atoms with Crippen molar-refractivity contribution < 1.29 is 9.90 Å². The maximum atomic E-state index is 10.9. The molecule has 2 aromatic heterocycles. The van der Waals surface area contributed by atoms with Crippen LogP contribution in [0.2, 0.25) is 0 Å². The Morgan fingerprint density at radius 3 is 2.79 bits per heavy atom. The number of benzene rings is 1. The summed E-state index contributed by atoms with van der Waals surface area (Å²) in [6.45, 7) is 2.02. The van der Waals surface area contributed by atoms with Crippen LogP contribution in [-0.4, -0.2) is 25.4 Å². The van der Waals surface area contributed by atoms with Gasteiger partial charge in [0.05, 0.1) is 0 Å². The lowest BCUT2D eigenvalue weighted by Gasteiger charge is -2.05. The number of fused-ring (bicyclic) bond motifs is 1. The average molecular weight is 253 g/mol. The first-order valence-electron chi connectivity index (χ1n) is 5.79. The predicted octanol–water partition coefficient (Wildman–Crippen LogP) is 2.40. The molecule has 0 fully saturated rings. The van der Waals surface area contributed by atoms with E-state index in [1.54, 1.807) is 10.6 Å². The fourth-order valence-electron chi connectivity index (χ4n) is 2.02. The minimum Gasteiger partial charge on any atom is -0.476 e. The van der Waals surface area contributed by atoms with Crippen LogP contribution in [0, 0.1) is 6.92 Å². The van der Waals surface area contributed by atoms with Crippen molar-refractivity contribution in [2.24, 2.45) is 0 Å². The molecule has 5 nitrogen and oxygen atoms in total. The second-order valence-corrected chi connectivity index (χ2v) is 4.30. The summed E-state index contributed by atoms with van der Waals surface area (Å²) in [7, 11) is 0. The quantitative estimate of drug-likeness (QED) is 0.761. The van der Waals surface area contributed by atoms with Gasteiger partial charge in [-0.2, -0.15) is 0 Å². The second-order valence-electron chi connectivity index (χ2n) is 4.30. The van der Waals surface area contributed by atoms with E-state index in [4.69, 9.17) is 5.11 Å². The summed E-state index contributed by atoms with van der Waals surface area (Å²) in [6.07, 6.45) is 5.01. The van der Waals surface area contributed by atoms with Crippen molar-refractivity contribution >= 4 is 11.7 Å². The van der Waals surface area contributed by atoms with Crippen molar-refractivity contribution in [2.45, 2.75) is 6.92 Å². The maximum absolute atomic E-state index is 10.9. The Kier molecular flexibility index (Phi) is 2.52. The molecule has 0 bridgehead atoms. The van der Waals surface area contributed by atoms with E-state index in [2.05, 4.69) is 9.97 Å². The van der Waals surface area contributed by atoms with Crippen molar-refractivity contribution in [3.8, 4) is 11.1 Å². The van der Waals surface area contributed by atoms with Crippen molar-refractivity contribution in [2.75, 3.05) is 0 Å². The number of nitrogens with zero attached hydrogens (tertiary/aromatic N) is 3. The number of imidazole rings is 1. The SMILES string of the molecule is Cc1ccccc1-c1cnc2nc(C(=O)O)cn2c1. The van der Waals surface area contributed by atoms with Crippen molar-refractivity contribution in [1.29, 1.82) is 0 Å². The van der Waals surface area contributed by atoms with Crippen LogP contribution in [0.15, 0.2) is 42.9 Å². The lowest BCUT2D eigenvalue weighted by molar-refractivity contribution is 0.0691. The summed E-state index contributed by atoms with van der Waals surface area (Å²) >= 11 is 0. The molecule has 0 aliphatic carbocycles. The van der Waals surface area contributed by atoms with E-state index in [1.807, 2.05) is 37.4 Å². The molecule has 1 aromatic carbocycles. The van der Waals surface area contributed by atoms with E-state index in [9.17, 15) is 4.79 Å². The predicted molar refractivity (Wildman–Crippen MR) is 70.1 cm³/mol. The van der Waals surface area contributed by atoms with Gasteiger partial charge in [-0.15, -0.1) is 0 Å². The van der Waals surface area contributed by atoms with Gasteiger partial charge in [-0.05, 0) is 18.1 Å². The lowest BCUT2D eigenvalue weighted by atomic mass is 10.0. The first kappa shape index (κ1) is 11.4. The number of hydrogen-bond donors (Lipinski definition) is 1. The molecule has 0 unspecified atom stereocenters. The van der Waals surface area contributed by atoms with E-state index in [0.29, 0.717) is 5.78 Å². The Morgan fingerprint density at radius 2 is 2.05 bits per heavy atom. The molecule has 94 valence electrons. The molecule has 0 aliphatic heterocycles. The van der Waals surface area contributed by atoms with E-state index >= 15 is 0 Å². The Balaban J connectivity index is 2.16. The standard InChI is InChI=1S/C14H11N3O2/c1-9-4-2-3-5-11(9)10-6-15-14-16-12(13(18)19)8-17(14)7-10/h2-8H,1H3,(H,18,19). The molecule has 0 aliphatic rings. The van der Waals surface area contributed by atoms with E-state index in [0.717, 1.165) is 16.7 Å². The summed E-state index contributed by atoms with van der Waals surface area (Å²) < 4.78 is 1.63. The number of rotatable bonds is 2. The molecule has 0 atom stereocenters. The number of aryl methyl sites for hydroxylation is 1. The summed E-state index contributed by atoms with van der Waals surface area (Å²) in [5.74, 6) is -0.669. The molecule has 3 aromatic rings. The fraction of sp³-hybridized carbons (Fsp3) is 0.0714. The zero-order chi connectivity index (χ0) is 13.4. The smallest absolute Gasteiger partial charge is 0.356 e. The van der Waals surface area contributed by atoms with Crippen LogP contribution in [-0.2, 0) is 0 Å². The monoisotopic (exact) mass is 253 g/mol. The molecule has 5 heteroatoms. The number of aromatic nitrogens is 3. The maximum Gasteiger partial charge on any atom is 0.356 e. The van der Waals surface area contributed by atoms with Crippen LogP contribution < -0.4 is 0 Å². The minimum absolute atomic E-state index is 0.00515. The summed E-state index contributed by atoms with van der Waals surface area (Å²) in [6, 6.07) is 7.97. The van der Waals surface area contributed by atoms with E-state index in [1.165, 1.54) is 6.20 Å². The van der Waals surface area contributed by atoms with E-state index < -0.39 is 5.97 Å². The number of carbonyl (C=O) groups is 1. The first-order valence-corrected chi connectivity index (χ1v) is 5.79. The van der Waals surface area contributed by atoms with Gasteiger partial charge in [0.25, 0.3) is 0 Å². The molecule has 0 amide bonds. The molecular formula is C14H11N3O2. The summed E-state index contributed by atoms with van der Waals surface area (Å²) in [5, 5.41) is 8.91. The third kappa shape index (κ3) is 1.95. The van der Waals surface area contributed by atoms with Crippen LogP contribution in [0.25, 0.3) is 16.9 Å². The minimum atomic E-state index is -1.05. The molecule has 2 heterocycles. The highest BCUT2D eigenvalue weighted by molar-refractivity contribution is 5.85. The summed E-state index contributed by atoms with van der Waals surface area (Å²) in [5.41, 5.74) is 3.14. The third-order valence-corrected chi connectivity index (χ3v) is 2.99. The van der Waals surface area contributed by atoms with Gasteiger partial charge in [-0.3, -0.25) is 4.40 Å². The number of aromatic carboxylic acids is 1. The molecule has 1 N–H and O–H groups in total. The first-order chi connectivity index (χ1) is 9.15. The number of carboxylic acid groups (broad SMARTS) is 1. The van der Waals surface area contributed by atoms with E-state index in [-0.39, 0.29) is 5.69 Å². The van der Waals surface area contributed by atoms with Gasteiger partial charge >= 0.3 is 5.97 Å². The Bertz CT molecular complexity index is 777. The van der Waals surface area contributed by atoms with Crippen LogP contribution >= 0.6 is 0 Å². The Labute approximate surface area is 109 Å². The van der Waals surface area contributed by atoms with Gasteiger partial charge in [-0.25, -0.2) is 14.8 Å². The van der Waals surface area contributed by atoms with Crippen molar-refractivity contribution in [1.82, 2.24) is 14.4 Å². The fourth-order valence-corrected chi connectivity index (χ4v) is 2.02. The molecule has 0 spiro atoms. The third-order valence-electron chi connectivity index (χ3n) is 2.99. The summed E-state index contributed by atoms with van der Waals surface area (Å²) in [4.78, 5) is 19.0. The highest BCUT2D eigenvalue weighted by atomic mass is 16.4. The topological polar surface area (TPSA) is 67.5 Å². The van der Waals surface area contributed by atoms with Gasteiger partial charge < -0.3 is 5.11 Å². The van der Waals surface area contributed by atoms with Crippen molar-refractivity contribution in [3.63, 3.8) is 0 Å². The van der Waals surface area contributed by atoms with Gasteiger partial charge in [0, 0.05) is 24.2 Å². The van der Waals surface area contributed by atoms with Crippen LogP contribution in [0.4, 0.5) is 0 Å². The van der Waals surface area contributed by atoms with Crippen LogP contribution in [0.5, 0.6) is 0 Å². The second kappa shape index (κ2) is 4.20. The molecule has 19 heavy (non-hydrogen) atoms. The molecule has 3 rings (SSSR count). The molecular weight excluding hydrogens is 242 g/mol. The highest BCUT2D eigenvalue weighted by Crippen LogP contribution is 2.22. The zero-order valence-corrected chi connectivity index (χ0v) is 10.2. The molecule has 0 saturated heterocycles. The largest absolute Gasteiger partial charge is 0.476 e. The lowest BCUT2D eigenvalue weighted by Crippen LogP contribution is -1.94. The number of hydrogen-bond acceptors (Lipinski definition) is 3. The van der Waals surface area contributed by atoms with Gasteiger partial charge in [0.2, 0.25) is 5.78 Å². The molecule has 0 radical (unpaired) electrons. The van der Waals surface area contributed by atoms with Crippen LogP contribution in [0.3, 0.4) is 0 Å². The Morgan fingerprint density at radius 1 is 1.26 bits per heavy atom. The molecule has 0 saturated carbocycles. The number of carboxylic acids is 1. The van der Waals surface area contributed by atoms with Gasteiger partial charge in [0.1, 0.15) is 0 Å². The van der Waals surface area contributed by atoms with Crippen LogP contribution in [0.1, 0.15) is 16.1 Å². The normalized spacial score (nSPS) is 10.8. The highest BCUT2D eigenvalue weighted by Gasteiger charge is 2.10. The average Bonchev–Trinajstić information content (AvgIpc) is 2.82. The van der Waals surface area contributed by atoms with Gasteiger partial charge in [-0.1, -0.05) is 24.3 Å².